The quantitative estimate of drug-likeness (QED) is 0.558. The molecule has 0 spiro atoms. The summed E-state index contributed by atoms with van der Waals surface area (Å²) in [5, 5.41) is 0.226. The van der Waals surface area contributed by atoms with Crippen LogP contribution in [0.15, 0.2) is 35.6 Å². The maximum absolute atomic E-state index is 12.7. The van der Waals surface area contributed by atoms with E-state index in [-0.39, 0.29) is 11.8 Å². The number of fused-ring (bicyclic) bond motifs is 1. The number of hydrogen-bond donors (Lipinski definition) is 0. The highest BCUT2D eigenvalue weighted by molar-refractivity contribution is 6.30. The average Bonchev–Trinajstić information content (AvgIpc) is 2.66. The highest BCUT2D eigenvalue weighted by Gasteiger charge is 2.38. The van der Waals surface area contributed by atoms with Gasteiger partial charge in [-0.05, 0) is 31.5 Å². The summed E-state index contributed by atoms with van der Waals surface area (Å²) >= 11 is 6.53. The number of carbonyl (C=O) groups is 1. The van der Waals surface area contributed by atoms with Crippen LogP contribution in [0.4, 0.5) is 5.95 Å². The van der Waals surface area contributed by atoms with E-state index < -0.39 is 11.9 Å². The molecule has 2 heterocycles. The normalized spacial score (nSPS) is 15.6. The Morgan fingerprint density at radius 2 is 1.93 bits per heavy atom. The molecule has 148 valence electrons. The van der Waals surface area contributed by atoms with Crippen LogP contribution >= 0.6 is 11.6 Å². The predicted molar refractivity (Wildman–Crippen MR) is 106 cm³/mol. The first kappa shape index (κ1) is 19.9. The van der Waals surface area contributed by atoms with Gasteiger partial charge in [0.1, 0.15) is 16.7 Å². The summed E-state index contributed by atoms with van der Waals surface area (Å²) in [5.41, 5.74) is 1.74. The molecule has 7 nitrogen and oxygen atoms in total. The fourth-order valence-electron chi connectivity index (χ4n) is 3.08. The van der Waals surface area contributed by atoms with Crippen LogP contribution < -0.4 is 14.4 Å². The Kier molecular flexibility index (Phi) is 5.74. The van der Waals surface area contributed by atoms with Gasteiger partial charge in [0.25, 0.3) is 0 Å². The van der Waals surface area contributed by atoms with Gasteiger partial charge in [-0.15, -0.1) is 0 Å². The van der Waals surface area contributed by atoms with Gasteiger partial charge in [0.15, 0.2) is 0 Å². The van der Waals surface area contributed by atoms with Gasteiger partial charge in [0, 0.05) is 14.1 Å². The second-order valence-corrected chi connectivity index (χ2v) is 6.78. The second kappa shape index (κ2) is 8.06. The van der Waals surface area contributed by atoms with Crippen molar-refractivity contribution in [3.63, 3.8) is 0 Å². The zero-order valence-corrected chi connectivity index (χ0v) is 17.2. The summed E-state index contributed by atoms with van der Waals surface area (Å²) in [4.78, 5) is 23.3. The summed E-state index contributed by atoms with van der Waals surface area (Å²) in [5.74, 6) is 0.905. The van der Waals surface area contributed by atoms with E-state index in [0.29, 0.717) is 34.5 Å². The maximum Gasteiger partial charge on any atom is 0.338 e. The number of nitrogens with zero attached hydrogens (tertiary/aromatic N) is 3. The number of methoxy groups -OCH3 is 1. The number of anilines is 1. The number of hydrogen-bond acceptors (Lipinski definition) is 7. The Bertz CT molecular complexity index is 926. The summed E-state index contributed by atoms with van der Waals surface area (Å²) in [6, 6.07) is 7.40. The molecule has 1 atom stereocenters. The van der Waals surface area contributed by atoms with E-state index in [9.17, 15) is 4.79 Å². The van der Waals surface area contributed by atoms with Crippen molar-refractivity contribution in [1.29, 1.82) is 0 Å². The van der Waals surface area contributed by atoms with Gasteiger partial charge in [0.05, 0.1) is 30.8 Å². The molecule has 1 aliphatic heterocycles. The lowest BCUT2D eigenvalue weighted by Crippen LogP contribution is -2.25. The molecule has 0 N–H and O–H groups in total. The number of halogens is 1. The minimum absolute atomic E-state index is 0.226. The SMILES string of the molecule is CCOC(=O)C1=C(C)Oc2nc(N(C)C)nc(Cl)c2C1c1ccc(OC)cc1. The number of allylic oxidation sites excluding steroid dienone is 1. The van der Waals surface area contributed by atoms with E-state index in [1.165, 1.54) is 0 Å². The number of esters is 1. The Morgan fingerprint density at radius 1 is 1.25 bits per heavy atom. The third-order valence-electron chi connectivity index (χ3n) is 4.40. The van der Waals surface area contributed by atoms with E-state index in [1.54, 1.807) is 25.9 Å². The van der Waals surface area contributed by atoms with E-state index in [0.717, 1.165) is 5.56 Å². The molecule has 0 amide bonds. The van der Waals surface area contributed by atoms with Crippen molar-refractivity contribution in [1.82, 2.24) is 9.97 Å². The van der Waals surface area contributed by atoms with Crippen molar-refractivity contribution in [3.05, 3.63) is 51.9 Å². The van der Waals surface area contributed by atoms with Crippen molar-refractivity contribution < 1.29 is 19.0 Å². The molecule has 1 aromatic heterocycles. The monoisotopic (exact) mass is 403 g/mol. The third-order valence-corrected chi connectivity index (χ3v) is 4.69. The number of ether oxygens (including phenoxy) is 3. The lowest BCUT2D eigenvalue weighted by Gasteiger charge is -2.29. The van der Waals surface area contributed by atoms with Crippen LogP contribution in [-0.2, 0) is 9.53 Å². The number of rotatable bonds is 5. The first-order valence-electron chi connectivity index (χ1n) is 8.81. The smallest absolute Gasteiger partial charge is 0.338 e. The molecule has 28 heavy (non-hydrogen) atoms. The lowest BCUT2D eigenvalue weighted by atomic mass is 9.83. The molecule has 1 aromatic carbocycles. The fraction of sp³-hybridized carbons (Fsp3) is 0.350. The first-order chi connectivity index (χ1) is 13.4. The third kappa shape index (κ3) is 3.62. The molecule has 3 rings (SSSR count). The molecule has 0 saturated heterocycles. The van der Waals surface area contributed by atoms with Crippen molar-refractivity contribution >= 4 is 23.5 Å². The molecular weight excluding hydrogens is 382 g/mol. The molecule has 0 aliphatic carbocycles. The van der Waals surface area contributed by atoms with Gasteiger partial charge in [-0.1, -0.05) is 23.7 Å². The van der Waals surface area contributed by atoms with Crippen LogP contribution in [0.5, 0.6) is 11.6 Å². The predicted octanol–water partition coefficient (Wildman–Crippen LogP) is 3.57. The van der Waals surface area contributed by atoms with Gasteiger partial charge in [-0.25, -0.2) is 9.78 Å². The van der Waals surface area contributed by atoms with Crippen LogP contribution in [0, 0.1) is 0 Å². The highest BCUT2D eigenvalue weighted by atomic mass is 35.5. The zero-order valence-electron chi connectivity index (χ0n) is 16.4. The molecule has 0 radical (unpaired) electrons. The zero-order chi connectivity index (χ0) is 20.4. The van der Waals surface area contributed by atoms with E-state index in [2.05, 4.69) is 9.97 Å². The van der Waals surface area contributed by atoms with E-state index in [1.807, 2.05) is 38.4 Å². The summed E-state index contributed by atoms with van der Waals surface area (Å²) < 4.78 is 16.4. The summed E-state index contributed by atoms with van der Waals surface area (Å²) in [6.07, 6.45) is 0. The van der Waals surface area contributed by atoms with Crippen molar-refractivity contribution in [3.8, 4) is 11.6 Å². The highest BCUT2D eigenvalue weighted by Crippen LogP contribution is 2.46. The van der Waals surface area contributed by atoms with Crippen LogP contribution in [0.3, 0.4) is 0 Å². The van der Waals surface area contributed by atoms with Gasteiger partial charge in [-0.3, -0.25) is 0 Å². The molecule has 0 bridgehead atoms. The average molecular weight is 404 g/mol. The minimum atomic E-state index is -0.516. The first-order valence-corrected chi connectivity index (χ1v) is 9.19. The number of carbonyl (C=O) groups excluding carboxylic acids is 1. The van der Waals surface area contributed by atoms with E-state index in [4.69, 9.17) is 25.8 Å². The lowest BCUT2D eigenvalue weighted by molar-refractivity contribution is -0.139. The van der Waals surface area contributed by atoms with Crippen molar-refractivity contribution in [2.75, 3.05) is 32.7 Å². The molecule has 0 fully saturated rings. The molecule has 0 saturated carbocycles. The van der Waals surface area contributed by atoms with Gasteiger partial charge >= 0.3 is 5.97 Å². The number of aromatic nitrogens is 2. The maximum atomic E-state index is 12.7. The molecule has 8 heteroatoms. The molecule has 1 aliphatic rings. The van der Waals surface area contributed by atoms with Gasteiger partial charge in [-0.2, -0.15) is 4.98 Å². The van der Waals surface area contributed by atoms with Crippen LogP contribution in [0.25, 0.3) is 0 Å². The fourth-order valence-corrected chi connectivity index (χ4v) is 3.35. The summed E-state index contributed by atoms with van der Waals surface area (Å²) in [7, 11) is 5.23. The van der Waals surface area contributed by atoms with Crippen molar-refractivity contribution in [2.24, 2.45) is 0 Å². The second-order valence-electron chi connectivity index (χ2n) is 6.43. The standard InChI is InChI=1S/C20H22ClN3O4/c1-6-27-19(25)14-11(2)28-18-16(17(21)22-20(23-18)24(3)4)15(14)12-7-9-13(26-5)10-8-12/h7-10,15H,6H2,1-5H3. The van der Waals surface area contributed by atoms with Crippen LogP contribution in [0.1, 0.15) is 30.9 Å². The van der Waals surface area contributed by atoms with Crippen LogP contribution in [0.2, 0.25) is 5.15 Å². The Morgan fingerprint density at radius 3 is 2.50 bits per heavy atom. The Balaban J connectivity index is 2.22. The van der Waals surface area contributed by atoms with Crippen molar-refractivity contribution in [2.45, 2.75) is 19.8 Å². The molecule has 1 unspecified atom stereocenters. The van der Waals surface area contributed by atoms with Crippen LogP contribution in [-0.4, -0.2) is 43.7 Å². The minimum Gasteiger partial charge on any atom is -0.497 e. The Hall–Kier alpha value is -2.80. The molecular formula is C20H22ClN3O4. The largest absolute Gasteiger partial charge is 0.497 e. The molecule has 2 aromatic rings. The van der Waals surface area contributed by atoms with E-state index >= 15 is 0 Å². The van der Waals surface area contributed by atoms with Gasteiger partial charge < -0.3 is 19.1 Å². The summed E-state index contributed by atoms with van der Waals surface area (Å²) in [6.45, 7) is 3.73. The van der Waals surface area contributed by atoms with Gasteiger partial charge in [0.2, 0.25) is 11.8 Å². The number of benzene rings is 1. The topological polar surface area (TPSA) is 73.8 Å². The Labute approximate surface area is 168 Å².